The maximum atomic E-state index is 14.0. The summed E-state index contributed by atoms with van der Waals surface area (Å²) in [6.45, 7) is 3.69. The lowest BCUT2D eigenvalue weighted by Gasteiger charge is -2.35. The number of carbonyl (C=O) groups excluding carboxylic acids is 1. The van der Waals surface area contributed by atoms with Crippen molar-refractivity contribution in [2.45, 2.75) is 58.2 Å². The summed E-state index contributed by atoms with van der Waals surface area (Å²) in [5.41, 5.74) is -2.27. The SMILES string of the molecule is CCOC(=O)C1(C)CCC(n2nc(Cc3ccccc3)c(C(=O)O)c2C(F)(F)F)CC1. The summed E-state index contributed by atoms with van der Waals surface area (Å²) in [6, 6.07) is 8.00. The van der Waals surface area contributed by atoms with Gasteiger partial charge < -0.3 is 9.84 Å². The topological polar surface area (TPSA) is 81.4 Å². The van der Waals surface area contributed by atoms with Crippen molar-refractivity contribution < 1.29 is 32.6 Å². The van der Waals surface area contributed by atoms with Crippen molar-refractivity contribution >= 4 is 11.9 Å². The molecule has 9 heteroatoms. The zero-order valence-corrected chi connectivity index (χ0v) is 17.4. The van der Waals surface area contributed by atoms with Crippen molar-refractivity contribution in [2.75, 3.05) is 6.61 Å². The molecule has 2 aromatic rings. The van der Waals surface area contributed by atoms with Gasteiger partial charge in [0.2, 0.25) is 0 Å². The van der Waals surface area contributed by atoms with E-state index in [1.165, 1.54) is 0 Å². The average molecular weight is 438 g/mol. The molecule has 1 aliphatic carbocycles. The number of hydrogen-bond donors (Lipinski definition) is 1. The van der Waals surface area contributed by atoms with Crippen molar-refractivity contribution in [1.29, 1.82) is 0 Å². The second-order valence-corrected chi connectivity index (χ2v) is 8.09. The molecule has 1 heterocycles. The molecule has 31 heavy (non-hydrogen) atoms. The molecule has 1 N–H and O–H groups in total. The van der Waals surface area contributed by atoms with Gasteiger partial charge in [0.05, 0.1) is 23.8 Å². The summed E-state index contributed by atoms with van der Waals surface area (Å²) in [7, 11) is 0. The van der Waals surface area contributed by atoms with E-state index in [-0.39, 0.29) is 37.5 Å². The van der Waals surface area contributed by atoms with E-state index in [1.54, 1.807) is 44.2 Å². The zero-order chi connectivity index (χ0) is 22.8. The van der Waals surface area contributed by atoms with Crippen LogP contribution in [0.2, 0.25) is 0 Å². The highest BCUT2D eigenvalue weighted by molar-refractivity contribution is 5.90. The standard InChI is InChI=1S/C22H25F3N2O4/c1-3-31-20(30)21(2)11-9-15(10-12-21)27-18(22(23,24)25)17(19(28)29)16(26-27)13-14-7-5-4-6-8-14/h4-8,15H,3,9-13H2,1-2H3,(H,28,29). The van der Waals surface area contributed by atoms with Gasteiger partial charge in [-0.3, -0.25) is 9.48 Å². The van der Waals surface area contributed by atoms with Crippen LogP contribution in [0.5, 0.6) is 0 Å². The Morgan fingerprint density at radius 2 is 1.84 bits per heavy atom. The molecule has 0 amide bonds. The monoisotopic (exact) mass is 438 g/mol. The van der Waals surface area contributed by atoms with Crippen molar-refractivity contribution in [1.82, 2.24) is 9.78 Å². The fourth-order valence-corrected chi connectivity index (χ4v) is 4.15. The summed E-state index contributed by atoms with van der Waals surface area (Å²) in [6.07, 6.45) is -3.69. The van der Waals surface area contributed by atoms with Crippen LogP contribution in [0.1, 0.15) is 72.9 Å². The van der Waals surface area contributed by atoms with Gasteiger partial charge in [-0.1, -0.05) is 30.3 Å². The van der Waals surface area contributed by atoms with E-state index in [1.807, 2.05) is 0 Å². The molecule has 0 aliphatic heterocycles. The normalized spacial score (nSPS) is 21.6. The van der Waals surface area contributed by atoms with Crippen LogP contribution in [0, 0.1) is 5.41 Å². The van der Waals surface area contributed by atoms with Gasteiger partial charge in [-0.05, 0) is 45.1 Å². The van der Waals surface area contributed by atoms with Gasteiger partial charge >= 0.3 is 18.1 Å². The lowest BCUT2D eigenvalue weighted by atomic mass is 9.74. The number of carbonyl (C=O) groups is 2. The molecule has 0 bridgehead atoms. The fourth-order valence-electron chi connectivity index (χ4n) is 4.15. The van der Waals surface area contributed by atoms with Gasteiger partial charge in [0, 0.05) is 6.42 Å². The number of ether oxygens (including phenoxy) is 1. The minimum Gasteiger partial charge on any atom is -0.478 e. The molecule has 1 fully saturated rings. The molecular weight excluding hydrogens is 413 g/mol. The number of esters is 1. The number of aromatic nitrogens is 2. The van der Waals surface area contributed by atoms with Gasteiger partial charge in [-0.2, -0.15) is 18.3 Å². The van der Waals surface area contributed by atoms with E-state index in [2.05, 4.69) is 5.10 Å². The first kappa shape index (κ1) is 22.8. The quantitative estimate of drug-likeness (QED) is 0.651. The highest BCUT2D eigenvalue weighted by Gasteiger charge is 2.46. The first-order valence-corrected chi connectivity index (χ1v) is 10.2. The Kier molecular flexibility index (Phi) is 6.43. The van der Waals surface area contributed by atoms with Gasteiger partial charge in [-0.15, -0.1) is 0 Å². The molecule has 6 nitrogen and oxygen atoms in total. The minimum atomic E-state index is -4.88. The van der Waals surface area contributed by atoms with Crippen molar-refractivity contribution in [3.63, 3.8) is 0 Å². The van der Waals surface area contributed by atoms with E-state index in [4.69, 9.17) is 4.74 Å². The van der Waals surface area contributed by atoms with Crippen LogP contribution in [-0.4, -0.2) is 33.4 Å². The van der Waals surface area contributed by atoms with E-state index in [9.17, 15) is 27.9 Å². The van der Waals surface area contributed by atoms with E-state index in [0.717, 1.165) is 4.68 Å². The smallest absolute Gasteiger partial charge is 0.433 e. The Morgan fingerprint density at radius 1 is 1.23 bits per heavy atom. The molecule has 0 saturated heterocycles. The lowest BCUT2D eigenvalue weighted by molar-refractivity contribution is -0.157. The molecule has 0 radical (unpaired) electrons. The molecule has 3 rings (SSSR count). The highest BCUT2D eigenvalue weighted by atomic mass is 19.4. The van der Waals surface area contributed by atoms with Crippen LogP contribution >= 0.6 is 0 Å². The molecule has 0 unspecified atom stereocenters. The summed E-state index contributed by atoms with van der Waals surface area (Å²) in [5.74, 6) is -2.02. The molecule has 1 aliphatic rings. The number of carboxylic acid groups (broad SMARTS) is 1. The molecule has 0 atom stereocenters. The second kappa shape index (κ2) is 8.72. The summed E-state index contributed by atoms with van der Waals surface area (Å²) >= 11 is 0. The summed E-state index contributed by atoms with van der Waals surface area (Å²) in [4.78, 5) is 24.1. The number of alkyl halides is 3. The third-order valence-corrected chi connectivity index (χ3v) is 5.85. The van der Waals surface area contributed by atoms with Crippen molar-refractivity contribution in [3.05, 3.63) is 52.8 Å². The van der Waals surface area contributed by atoms with Crippen LogP contribution in [0.3, 0.4) is 0 Å². The lowest BCUT2D eigenvalue weighted by Crippen LogP contribution is -2.35. The fraction of sp³-hybridized carbons (Fsp3) is 0.500. The Hall–Kier alpha value is -2.84. The molecule has 168 valence electrons. The predicted octanol–water partition coefficient (Wildman–Crippen LogP) is 4.88. The maximum Gasteiger partial charge on any atom is 0.433 e. The zero-order valence-electron chi connectivity index (χ0n) is 17.4. The third-order valence-electron chi connectivity index (χ3n) is 5.85. The number of benzene rings is 1. The molecule has 1 aromatic heterocycles. The van der Waals surface area contributed by atoms with Crippen LogP contribution in [0.15, 0.2) is 30.3 Å². The highest BCUT2D eigenvalue weighted by Crippen LogP contribution is 2.44. The Labute approximate surface area is 178 Å². The molecule has 0 spiro atoms. The molecule has 1 aromatic carbocycles. The Balaban J connectivity index is 1.97. The number of aromatic carboxylic acids is 1. The van der Waals surface area contributed by atoms with Gasteiger partial charge in [0.1, 0.15) is 5.56 Å². The third kappa shape index (κ3) is 4.75. The van der Waals surface area contributed by atoms with Crippen LogP contribution < -0.4 is 0 Å². The number of rotatable bonds is 6. The maximum absolute atomic E-state index is 14.0. The van der Waals surface area contributed by atoms with Crippen molar-refractivity contribution in [3.8, 4) is 0 Å². The number of hydrogen-bond acceptors (Lipinski definition) is 4. The molecular formula is C22H25F3N2O4. The average Bonchev–Trinajstić information content (AvgIpc) is 3.09. The van der Waals surface area contributed by atoms with Crippen LogP contribution in [-0.2, 0) is 22.1 Å². The van der Waals surface area contributed by atoms with Crippen molar-refractivity contribution in [2.24, 2.45) is 5.41 Å². The summed E-state index contributed by atoms with van der Waals surface area (Å²) in [5, 5.41) is 13.7. The number of nitrogens with zero attached hydrogens (tertiary/aromatic N) is 2. The van der Waals surface area contributed by atoms with Gasteiger partial charge in [0.15, 0.2) is 5.69 Å². The first-order chi connectivity index (χ1) is 14.6. The first-order valence-electron chi connectivity index (χ1n) is 10.2. The number of halogens is 3. The van der Waals surface area contributed by atoms with Gasteiger partial charge in [0.25, 0.3) is 0 Å². The minimum absolute atomic E-state index is 0.0220. The predicted molar refractivity (Wildman–Crippen MR) is 106 cm³/mol. The largest absolute Gasteiger partial charge is 0.478 e. The van der Waals surface area contributed by atoms with E-state index in [0.29, 0.717) is 18.4 Å². The van der Waals surface area contributed by atoms with Gasteiger partial charge in [-0.25, -0.2) is 4.79 Å². The summed E-state index contributed by atoms with van der Waals surface area (Å²) < 4.78 is 47.8. The Bertz CT molecular complexity index is 946. The van der Waals surface area contributed by atoms with Crippen LogP contribution in [0.25, 0.3) is 0 Å². The van der Waals surface area contributed by atoms with E-state index < -0.39 is 34.9 Å². The van der Waals surface area contributed by atoms with E-state index >= 15 is 0 Å². The second-order valence-electron chi connectivity index (χ2n) is 8.09. The molecule has 1 saturated carbocycles. The van der Waals surface area contributed by atoms with Crippen LogP contribution in [0.4, 0.5) is 13.2 Å². The number of carboxylic acids is 1. The Morgan fingerprint density at radius 3 is 2.35 bits per heavy atom.